The van der Waals surface area contributed by atoms with Gasteiger partial charge in [0.05, 0.1) is 4.21 Å². The van der Waals surface area contributed by atoms with Crippen molar-refractivity contribution in [1.29, 1.82) is 0 Å². The summed E-state index contributed by atoms with van der Waals surface area (Å²) in [5.74, 6) is 2.24. The third-order valence-corrected chi connectivity index (χ3v) is 8.23. The molecule has 158 valence electrons. The summed E-state index contributed by atoms with van der Waals surface area (Å²) in [7, 11) is 0. The van der Waals surface area contributed by atoms with Crippen molar-refractivity contribution in [2.75, 3.05) is 5.75 Å². The van der Waals surface area contributed by atoms with Gasteiger partial charge in [0.25, 0.3) is 0 Å². The van der Waals surface area contributed by atoms with Crippen molar-refractivity contribution in [3.05, 3.63) is 16.5 Å². The van der Waals surface area contributed by atoms with Crippen LogP contribution in [0.5, 0.6) is 0 Å². The van der Waals surface area contributed by atoms with E-state index in [9.17, 15) is 0 Å². The molecule has 1 aromatic heterocycles. The highest BCUT2D eigenvalue weighted by Gasteiger charge is 2.04. The summed E-state index contributed by atoms with van der Waals surface area (Å²) in [6.07, 6.45) is 21.7. The van der Waals surface area contributed by atoms with Gasteiger partial charge < -0.3 is 0 Å². The second kappa shape index (κ2) is 17.0. The van der Waals surface area contributed by atoms with Gasteiger partial charge in [0.1, 0.15) is 0 Å². The molecule has 0 aliphatic carbocycles. The summed E-state index contributed by atoms with van der Waals surface area (Å²) in [6, 6.07) is 2.36. The van der Waals surface area contributed by atoms with Gasteiger partial charge in [-0.05, 0) is 43.6 Å². The molecule has 0 saturated carbocycles. The predicted molar refractivity (Wildman–Crippen MR) is 129 cm³/mol. The minimum Gasteiger partial charge on any atom is -0.134 e. The Morgan fingerprint density at radius 1 is 0.778 bits per heavy atom. The van der Waals surface area contributed by atoms with E-state index in [1.165, 1.54) is 117 Å². The van der Waals surface area contributed by atoms with E-state index in [2.05, 4.69) is 45.5 Å². The fourth-order valence-corrected chi connectivity index (χ4v) is 6.11. The van der Waals surface area contributed by atoms with Crippen molar-refractivity contribution in [3.63, 3.8) is 0 Å². The Morgan fingerprint density at radius 3 is 1.81 bits per heavy atom. The third-order valence-electron chi connectivity index (χ3n) is 5.78. The van der Waals surface area contributed by atoms with E-state index in [1.54, 1.807) is 0 Å². The standard InChI is InChI=1S/C25H46S2/c1-5-6-7-8-9-10-11-12-13-15-18-22(2)19-16-14-17-20-26-25-21-23(3)24(4)27-25/h21-22H,5-20H2,1-4H3. The van der Waals surface area contributed by atoms with Gasteiger partial charge in [0.2, 0.25) is 0 Å². The van der Waals surface area contributed by atoms with Crippen LogP contribution in [0, 0.1) is 19.8 Å². The summed E-state index contributed by atoms with van der Waals surface area (Å²) in [5, 5.41) is 0. The van der Waals surface area contributed by atoms with Gasteiger partial charge in [-0.3, -0.25) is 0 Å². The van der Waals surface area contributed by atoms with E-state index in [0.29, 0.717) is 0 Å². The van der Waals surface area contributed by atoms with E-state index < -0.39 is 0 Å². The SMILES string of the molecule is CCCCCCCCCCCCC(C)CCCCCSc1cc(C)c(C)s1. The van der Waals surface area contributed by atoms with Crippen LogP contribution in [-0.2, 0) is 0 Å². The summed E-state index contributed by atoms with van der Waals surface area (Å²) in [6.45, 7) is 9.24. The summed E-state index contributed by atoms with van der Waals surface area (Å²) in [5.41, 5.74) is 1.46. The third kappa shape index (κ3) is 13.8. The maximum absolute atomic E-state index is 2.47. The summed E-state index contributed by atoms with van der Waals surface area (Å²) < 4.78 is 1.51. The molecule has 0 radical (unpaired) electrons. The van der Waals surface area contributed by atoms with Gasteiger partial charge in [0, 0.05) is 4.88 Å². The molecule has 0 aliphatic rings. The van der Waals surface area contributed by atoms with Crippen molar-refractivity contribution in [3.8, 4) is 0 Å². The van der Waals surface area contributed by atoms with Gasteiger partial charge in [0.15, 0.2) is 0 Å². The fraction of sp³-hybridized carbons (Fsp3) is 0.840. The lowest BCUT2D eigenvalue weighted by Crippen LogP contribution is -1.95. The van der Waals surface area contributed by atoms with Crippen LogP contribution in [-0.4, -0.2) is 5.75 Å². The number of aryl methyl sites for hydroxylation is 2. The topological polar surface area (TPSA) is 0 Å². The lowest BCUT2D eigenvalue weighted by atomic mass is 9.96. The molecule has 1 heterocycles. The van der Waals surface area contributed by atoms with Crippen molar-refractivity contribution >= 4 is 23.1 Å². The number of rotatable bonds is 18. The first-order valence-electron chi connectivity index (χ1n) is 11.8. The van der Waals surface area contributed by atoms with Gasteiger partial charge in [-0.1, -0.05) is 104 Å². The second-order valence-electron chi connectivity index (χ2n) is 8.58. The Hall–Kier alpha value is 0.0500. The molecule has 27 heavy (non-hydrogen) atoms. The molecule has 0 aliphatic heterocycles. The average Bonchev–Trinajstić information content (AvgIpc) is 2.97. The lowest BCUT2D eigenvalue weighted by molar-refractivity contribution is 0.436. The minimum atomic E-state index is 0.939. The van der Waals surface area contributed by atoms with Gasteiger partial charge >= 0.3 is 0 Å². The first-order chi connectivity index (χ1) is 13.1. The summed E-state index contributed by atoms with van der Waals surface area (Å²) in [4.78, 5) is 1.48. The molecule has 0 saturated heterocycles. The van der Waals surface area contributed by atoms with E-state index in [-0.39, 0.29) is 0 Å². The Bertz CT molecular complexity index is 430. The molecule has 1 atom stereocenters. The minimum absolute atomic E-state index is 0.939. The van der Waals surface area contributed by atoms with Crippen molar-refractivity contribution in [2.24, 2.45) is 5.92 Å². The Balaban J connectivity index is 1.82. The van der Waals surface area contributed by atoms with E-state index in [0.717, 1.165) is 5.92 Å². The molecule has 0 N–H and O–H groups in total. The molecule has 1 rings (SSSR count). The zero-order chi connectivity index (χ0) is 19.7. The van der Waals surface area contributed by atoms with Crippen LogP contribution in [0.1, 0.15) is 121 Å². The molecule has 0 spiro atoms. The molecule has 0 nitrogen and oxygen atoms in total. The summed E-state index contributed by atoms with van der Waals surface area (Å²) >= 11 is 4.03. The fourth-order valence-electron chi connectivity index (χ4n) is 3.68. The van der Waals surface area contributed by atoms with Gasteiger partial charge in [-0.15, -0.1) is 23.1 Å². The Kier molecular flexibility index (Phi) is 15.8. The van der Waals surface area contributed by atoms with Gasteiger partial charge in [-0.25, -0.2) is 0 Å². The highest BCUT2D eigenvalue weighted by molar-refractivity contribution is 8.01. The zero-order valence-electron chi connectivity index (χ0n) is 18.8. The highest BCUT2D eigenvalue weighted by atomic mass is 32.2. The van der Waals surface area contributed by atoms with Crippen LogP contribution in [0.25, 0.3) is 0 Å². The second-order valence-corrected chi connectivity index (χ2v) is 11.2. The Morgan fingerprint density at radius 2 is 1.30 bits per heavy atom. The largest absolute Gasteiger partial charge is 0.134 e. The molecule has 1 aromatic rings. The predicted octanol–water partition coefficient (Wildman–Crippen LogP) is 9.96. The van der Waals surface area contributed by atoms with Crippen LogP contribution in [0.15, 0.2) is 10.3 Å². The van der Waals surface area contributed by atoms with Crippen LogP contribution in [0.3, 0.4) is 0 Å². The number of unbranched alkanes of at least 4 members (excludes halogenated alkanes) is 11. The quantitative estimate of drug-likeness (QED) is 0.171. The Labute approximate surface area is 179 Å². The van der Waals surface area contributed by atoms with E-state index >= 15 is 0 Å². The van der Waals surface area contributed by atoms with E-state index in [1.807, 2.05) is 11.3 Å². The average molecular weight is 411 g/mol. The maximum Gasteiger partial charge on any atom is 0.0604 e. The van der Waals surface area contributed by atoms with Crippen molar-refractivity contribution < 1.29 is 0 Å². The molecule has 1 unspecified atom stereocenters. The van der Waals surface area contributed by atoms with Crippen molar-refractivity contribution in [1.82, 2.24) is 0 Å². The molecular formula is C25H46S2. The number of thiophene rings is 1. The first kappa shape index (κ1) is 25.1. The lowest BCUT2D eigenvalue weighted by Gasteiger charge is -2.11. The molecular weight excluding hydrogens is 364 g/mol. The number of hydrogen-bond donors (Lipinski definition) is 0. The van der Waals surface area contributed by atoms with Crippen LogP contribution < -0.4 is 0 Å². The van der Waals surface area contributed by atoms with Crippen LogP contribution in [0.2, 0.25) is 0 Å². The molecule has 0 fully saturated rings. The highest BCUT2D eigenvalue weighted by Crippen LogP contribution is 2.30. The monoisotopic (exact) mass is 410 g/mol. The van der Waals surface area contributed by atoms with Crippen LogP contribution in [0.4, 0.5) is 0 Å². The molecule has 0 bridgehead atoms. The van der Waals surface area contributed by atoms with Crippen molar-refractivity contribution in [2.45, 2.75) is 128 Å². The maximum atomic E-state index is 2.47. The smallest absolute Gasteiger partial charge is 0.0604 e. The molecule has 0 amide bonds. The molecule has 0 aromatic carbocycles. The molecule has 2 heteroatoms. The normalized spacial score (nSPS) is 12.6. The van der Waals surface area contributed by atoms with Crippen LogP contribution >= 0.6 is 23.1 Å². The zero-order valence-corrected chi connectivity index (χ0v) is 20.4. The number of thioether (sulfide) groups is 1. The number of hydrogen-bond acceptors (Lipinski definition) is 2. The van der Waals surface area contributed by atoms with E-state index in [4.69, 9.17) is 0 Å². The first-order valence-corrected chi connectivity index (χ1v) is 13.6. The van der Waals surface area contributed by atoms with Gasteiger partial charge in [-0.2, -0.15) is 0 Å².